The van der Waals surface area contributed by atoms with Gasteiger partial charge < -0.3 is 4.55 Å². The topological polar surface area (TPSA) is 37.3 Å². The molecular formula is C14H22O2S. The van der Waals surface area contributed by atoms with E-state index >= 15 is 0 Å². The second-order valence-corrected chi connectivity index (χ2v) is 5.07. The van der Waals surface area contributed by atoms with Crippen LogP contribution in [0.25, 0.3) is 0 Å². The Labute approximate surface area is 107 Å². The molecule has 0 amide bonds. The largest absolute Gasteiger partial charge is 0.302 e. The van der Waals surface area contributed by atoms with Gasteiger partial charge in [0.1, 0.15) is 0 Å². The van der Waals surface area contributed by atoms with Crippen molar-refractivity contribution >= 4 is 11.1 Å². The molecule has 0 saturated carbocycles. The van der Waals surface area contributed by atoms with Crippen molar-refractivity contribution in [2.24, 2.45) is 0 Å². The van der Waals surface area contributed by atoms with Gasteiger partial charge in [-0.2, -0.15) is 0 Å². The highest BCUT2D eigenvalue weighted by Crippen LogP contribution is 2.27. The van der Waals surface area contributed by atoms with E-state index in [0.29, 0.717) is 4.90 Å². The van der Waals surface area contributed by atoms with E-state index in [2.05, 4.69) is 27.7 Å². The third-order valence-corrected chi connectivity index (χ3v) is 4.09. The molecule has 3 heteroatoms. The Hall–Kier alpha value is -0.670. The summed E-state index contributed by atoms with van der Waals surface area (Å²) in [5.41, 5.74) is 4.95. The summed E-state index contributed by atoms with van der Waals surface area (Å²) in [6.45, 7) is 8.43. The Morgan fingerprint density at radius 3 is 1.82 bits per heavy atom. The SMILES string of the molecule is CCc1cc(S(=O)O)c(CC)c(CC)c1CC. The number of rotatable bonds is 5. The van der Waals surface area contributed by atoms with Crippen molar-refractivity contribution in [1.29, 1.82) is 0 Å². The average Bonchev–Trinajstić information content (AvgIpc) is 2.35. The summed E-state index contributed by atoms with van der Waals surface area (Å²) in [4.78, 5) is 0.610. The second-order valence-electron chi connectivity index (χ2n) is 4.13. The molecule has 0 spiro atoms. The van der Waals surface area contributed by atoms with Crippen LogP contribution in [-0.4, -0.2) is 8.76 Å². The van der Waals surface area contributed by atoms with Gasteiger partial charge in [0, 0.05) is 0 Å². The molecule has 1 rings (SSSR count). The molecule has 1 N–H and O–H groups in total. The zero-order valence-corrected chi connectivity index (χ0v) is 12.0. The fourth-order valence-corrected chi connectivity index (χ4v) is 3.30. The highest BCUT2D eigenvalue weighted by molar-refractivity contribution is 7.79. The maximum absolute atomic E-state index is 11.4. The molecule has 0 saturated heterocycles. The number of aryl methyl sites for hydroxylation is 1. The van der Waals surface area contributed by atoms with Crippen molar-refractivity contribution in [3.63, 3.8) is 0 Å². The van der Waals surface area contributed by atoms with Gasteiger partial charge in [0.05, 0.1) is 4.90 Å². The van der Waals surface area contributed by atoms with Crippen molar-refractivity contribution in [2.45, 2.75) is 58.3 Å². The number of benzene rings is 1. The maximum atomic E-state index is 11.4. The lowest BCUT2D eigenvalue weighted by atomic mass is 9.90. The van der Waals surface area contributed by atoms with Crippen LogP contribution in [0.15, 0.2) is 11.0 Å². The molecule has 0 aromatic heterocycles. The minimum Gasteiger partial charge on any atom is -0.302 e. The molecule has 96 valence electrons. The molecule has 0 bridgehead atoms. The van der Waals surface area contributed by atoms with E-state index in [-0.39, 0.29) is 0 Å². The first-order valence-corrected chi connectivity index (χ1v) is 7.48. The van der Waals surface area contributed by atoms with E-state index < -0.39 is 11.1 Å². The quantitative estimate of drug-likeness (QED) is 0.816. The standard InChI is InChI=1S/C14H22O2S/c1-5-10-9-14(17(15)16)13(8-4)12(7-3)11(10)6-2/h9H,5-8H2,1-4H3,(H,15,16). The van der Waals surface area contributed by atoms with Gasteiger partial charge in [0.25, 0.3) is 0 Å². The van der Waals surface area contributed by atoms with E-state index in [9.17, 15) is 8.76 Å². The van der Waals surface area contributed by atoms with E-state index in [4.69, 9.17) is 0 Å². The Bertz CT molecular complexity index is 425. The van der Waals surface area contributed by atoms with Crippen LogP contribution >= 0.6 is 0 Å². The Balaban J connectivity index is 3.60. The summed E-state index contributed by atoms with van der Waals surface area (Å²) in [5, 5.41) is 0. The van der Waals surface area contributed by atoms with Crippen LogP contribution < -0.4 is 0 Å². The van der Waals surface area contributed by atoms with Crippen LogP contribution in [0.3, 0.4) is 0 Å². The van der Waals surface area contributed by atoms with Gasteiger partial charge in [-0.3, -0.25) is 0 Å². The smallest absolute Gasteiger partial charge is 0.186 e. The first kappa shape index (κ1) is 14.4. The minimum atomic E-state index is -1.87. The highest BCUT2D eigenvalue weighted by Gasteiger charge is 2.16. The fourth-order valence-electron chi connectivity index (χ4n) is 2.58. The molecule has 1 aromatic carbocycles. The molecular weight excluding hydrogens is 232 g/mol. The lowest BCUT2D eigenvalue weighted by molar-refractivity contribution is 0.562. The normalized spacial score (nSPS) is 12.8. The summed E-state index contributed by atoms with van der Waals surface area (Å²) in [7, 11) is 0. The zero-order chi connectivity index (χ0) is 13.0. The highest BCUT2D eigenvalue weighted by atomic mass is 32.2. The summed E-state index contributed by atoms with van der Waals surface area (Å²) in [6, 6.07) is 1.92. The third-order valence-electron chi connectivity index (χ3n) is 3.35. The van der Waals surface area contributed by atoms with Crippen molar-refractivity contribution < 1.29 is 8.76 Å². The zero-order valence-electron chi connectivity index (χ0n) is 11.2. The van der Waals surface area contributed by atoms with Crippen LogP contribution in [0.4, 0.5) is 0 Å². The van der Waals surface area contributed by atoms with Crippen LogP contribution in [-0.2, 0) is 36.8 Å². The van der Waals surface area contributed by atoms with Crippen LogP contribution in [0.5, 0.6) is 0 Å². The van der Waals surface area contributed by atoms with Crippen LogP contribution in [0, 0.1) is 0 Å². The molecule has 0 aliphatic carbocycles. The van der Waals surface area contributed by atoms with E-state index in [1.54, 1.807) is 0 Å². The monoisotopic (exact) mass is 254 g/mol. The van der Waals surface area contributed by atoms with E-state index in [1.807, 2.05) is 6.07 Å². The fraction of sp³-hybridized carbons (Fsp3) is 0.571. The summed E-state index contributed by atoms with van der Waals surface area (Å²) < 4.78 is 20.8. The molecule has 0 aliphatic rings. The van der Waals surface area contributed by atoms with Crippen molar-refractivity contribution in [1.82, 2.24) is 0 Å². The predicted molar refractivity (Wildman–Crippen MR) is 73.0 cm³/mol. The second kappa shape index (κ2) is 6.31. The molecule has 17 heavy (non-hydrogen) atoms. The molecule has 1 atom stereocenters. The van der Waals surface area contributed by atoms with E-state index in [0.717, 1.165) is 31.2 Å². The van der Waals surface area contributed by atoms with Crippen LogP contribution in [0.1, 0.15) is 49.9 Å². The minimum absolute atomic E-state index is 0.610. The Morgan fingerprint density at radius 2 is 1.47 bits per heavy atom. The lowest BCUT2D eigenvalue weighted by Crippen LogP contribution is -2.07. The summed E-state index contributed by atoms with van der Waals surface area (Å²) >= 11 is -1.87. The first-order chi connectivity index (χ1) is 8.10. The Morgan fingerprint density at radius 1 is 0.941 bits per heavy atom. The van der Waals surface area contributed by atoms with Gasteiger partial charge in [-0.15, -0.1) is 0 Å². The summed E-state index contributed by atoms with van der Waals surface area (Å²) in [6.07, 6.45) is 3.67. The molecule has 1 unspecified atom stereocenters. The maximum Gasteiger partial charge on any atom is 0.186 e. The predicted octanol–water partition coefficient (Wildman–Crippen LogP) is 3.52. The van der Waals surface area contributed by atoms with Gasteiger partial charge in [0.15, 0.2) is 11.1 Å². The van der Waals surface area contributed by atoms with Crippen molar-refractivity contribution in [3.05, 3.63) is 28.3 Å². The number of hydrogen-bond donors (Lipinski definition) is 1. The Kier molecular flexibility index (Phi) is 5.34. The lowest BCUT2D eigenvalue weighted by Gasteiger charge is -2.18. The first-order valence-electron chi connectivity index (χ1n) is 6.37. The van der Waals surface area contributed by atoms with Crippen LogP contribution in [0.2, 0.25) is 0 Å². The third kappa shape index (κ3) is 2.78. The van der Waals surface area contributed by atoms with Gasteiger partial charge in [0.2, 0.25) is 0 Å². The number of hydrogen-bond acceptors (Lipinski definition) is 1. The molecule has 0 fully saturated rings. The molecule has 1 aromatic rings. The summed E-state index contributed by atoms with van der Waals surface area (Å²) in [5.74, 6) is 0. The van der Waals surface area contributed by atoms with E-state index in [1.165, 1.54) is 16.7 Å². The molecule has 0 radical (unpaired) electrons. The van der Waals surface area contributed by atoms with Crippen molar-refractivity contribution in [2.75, 3.05) is 0 Å². The van der Waals surface area contributed by atoms with Gasteiger partial charge in [-0.1, -0.05) is 27.7 Å². The van der Waals surface area contributed by atoms with Crippen molar-refractivity contribution in [3.8, 4) is 0 Å². The van der Waals surface area contributed by atoms with Gasteiger partial charge in [-0.25, -0.2) is 4.21 Å². The molecule has 2 nitrogen and oxygen atoms in total. The van der Waals surface area contributed by atoms with Gasteiger partial charge >= 0.3 is 0 Å². The molecule has 0 aliphatic heterocycles. The van der Waals surface area contributed by atoms with Gasteiger partial charge in [-0.05, 0) is 54.0 Å². The molecule has 0 heterocycles. The average molecular weight is 254 g/mol.